The first kappa shape index (κ1) is 17.5. The quantitative estimate of drug-likeness (QED) is 0.892. The van der Waals surface area contributed by atoms with E-state index >= 15 is 0 Å². The van der Waals surface area contributed by atoms with Crippen molar-refractivity contribution < 1.29 is 14.6 Å². The van der Waals surface area contributed by atoms with Crippen molar-refractivity contribution in [1.29, 1.82) is 0 Å². The lowest BCUT2D eigenvalue weighted by atomic mass is 9.86. The summed E-state index contributed by atoms with van der Waals surface area (Å²) in [7, 11) is 1.87. The first-order chi connectivity index (χ1) is 12.2. The molecule has 1 amide bonds. The summed E-state index contributed by atoms with van der Waals surface area (Å²) in [5.41, 5.74) is 0.639. The number of hydrogen-bond acceptors (Lipinski definition) is 3. The van der Waals surface area contributed by atoms with Gasteiger partial charge >= 0.3 is 0 Å². The lowest BCUT2D eigenvalue weighted by Crippen LogP contribution is -2.39. The van der Waals surface area contributed by atoms with E-state index in [0.29, 0.717) is 17.2 Å². The van der Waals surface area contributed by atoms with E-state index in [4.69, 9.17) is 4.74 Å². The smallest absolute Gasteiger partial charge is 0.253 e. The van der Waals surface area contributed by atoms with Gasteiger partial charge < -0.3 is 14.7 Å². The van der Waals surface area contributed by atoms with E-state index in [1.165, 1.54) is 0 Å². The van der Waals surface area contributed by atoms with Crippen LogP contribution in [0.25, 0.3) is 0 Å². The molecule has 4 heteroatoms. The van der Waals surface area contributed by atoms with Crippen LogP contribution in [0.5, 0.6) is 11.5 Å². The van der Waals surface area contributed by atoms with Crippen molar-refractivity contribution in [3.05, 3.63) is 60.2 Å². The minimum atomic E-state index is 0.0194. The van der Waals surface area contributed by atoms with Crippen LogP contribution in [0.2, 0.25) is 0 Å². The van der Waals surface area contributed by atoms with Crippen LogP contribution in [-0.4, -0.2) is 35.6 Å². The van der Waals surface area contributed by atoms with Crippen LogP contribution in [0.15, 0.2) is 54.6 Å². The van der Waals surface area contributed by atoms with Crippen LogP contribution in [0.3, 0.4) is 0 Å². The van der Waals surface area contributed by atoms with Crippen LogP contribution < -0.4 is 4.74 Å². The summed E-state index contributed by atoms with van der Waals surface area (Å²) >= 11 is 0. The largest absolute Gasteiger partial charge is 0.457 e. The predicted molar refractivity (Wildman–Crippen MR) is 97.9 cm³/mol. The minimum absolute atomic E-state index is 0.0194. The lowest BCUT2D eigenvalue weighted by molar-refractivity contribution is 0.0652. The Bertz CT molecular complexity index is 693. The molecule has 4 nitrogen and oxygen atoms in total. The second-order valence-corrected chi connectivity index (χ2v) is 6.72. The topological polar surface area (TPSA) is 49.8 Å². The molecule has 0 unspecified atom stereocenters. The summed E-state index contributed by atoms with van der Waals surface area (Å²) in [5, 5.41) is 9.26. The van der Waals surface area contributed by atoms with Gasteiger partial charge in [0.1, 0.15) is 11.5 Å². The maximum Gasteiger partial charge on any atom is 0.253 e. The average Bonchev–Trinajstić information content (AvgIpc) is 2.68. The Hall–Kier alpha value is -2.33. The number of benzene rings is 2. The Morgan fingerprint density at radius 1 is 1.04 bits per heavy atom. The van der Waals surface area contributed by atoms with E-state index < -0.39 is 0 Å². The maximum atomic E-state index is 12.8. The molecular formula is C21H25NO3. The number of aliphatic hydroxyl groups is 1. The van der Waals surface area contributed by atoms with E-state index in [2.05, 4.69) is 0 Å². The van der Waals surface area contributed by atoms with Crippen molar-refractivity contribution in [3.8, 4) is 11.5 Å². The van der Waals surface area contributed by atoms with Gasteiger partial charge in [-0.2, -0.15) is 0 Å². The number of nitrogens with zero attached hydrogens (tertiary/aromatic N) is 1. The highest BCUT2D eigenvalue weighted by Gasteiger charge is 2.26. The number of carbonyl (C=O) groups excluding carboxylic acids is 1. The molecule has 0 aliphatic heterocycles. The van der Waals surface area contributed by atoms with Gasteiger partial charge in [0.25, 0.3) is 5.91 Å². The molecule has 0 saturated heterocycles. The fourth-order valence-electron chi connectivity index (χ4n) is 3.40. The molecule has 0 heterocycles. The summed E-state index contributed by atoms with van der Waals surface area (Å²) < 4.78 is 5.82. The first-order valence-electron chi connectivity index (χ1n) is 8.88. The van der Waals surface area contributed by atoms with Gasteiger partial charge in [0, 0.05) is 25.3 Å². The lowest BCUT2D eigenvalue weighted by Gasteiger charge is -2.34. The molecule has 2 aromatic rings. The fraction of sp³-hybridized carbons (Fsp3) is 0.381. The molecule has 3 rings (SSSR count). The summed E-state index contributed by atoms with van der Waals surface area (Å²) in [6, 6.07) is 17.1. The Kier molecular flexibility index (Phi) is 5.71. The number of carbonyl (C=O) groups is 1. The molecule has 1 fully saturated rings. The van der Waals surface area contributed by atoms with Crippen molar-refractivity contribution in [2.45, 2.75) is 31.7 Å². The van der Waals surface area contributed by atoms with Gasteiger partial charge in [-0.15, -0.1) is 0 Å². The van der Waals surface area contributed by atoms with E-state index in [9.17, 15) is 9.90 Å². The third kappa shape index (κ3) is 4.40. The van der Waals surface area contributed by atoms with Crippen LogP contribution in [0.4, 0.5) is 0 Å². The van der Waals surface area contributed by atoms with Crippen LogP contribution in [-0.2, 0) is 0 Å². The molecule has 0 bridgehead atoms. The van der Waals surface area contributed by atoms with Crippen molar-refractivity contribution in [2.24, 2.45) is 5.92 Å². The molecule has 132 valence electrons. The van der Waals surface area contributed by atoms with E-state index in [1.54, 1.807) is 6.07 Å². The molecule has 2 aromatic carbocycles. The second kappa shape index (κ2) is 8.17. The average molecular weight is 339 g/mol. The van der Waals surface area contributed by atoms with Crippen LogP contribution in [0, 0.1) is 5.92 Å². The number of rotatable bonds is 5. The predicted octanol–water partition coefficient (Wildman–Crippen LogP) is 4.10. The Morgan fingerprint density at radius 3 is 2.40 bits per heavy atom. The molecule has 0 atom stereocenters. The molecule has 1 aliphatic carbocycles. The monoisotopic (exact) mass is 339 g/mol. The summed E-state index contributed by atoms with van der Waals surface area (Å²) in [5.74, 6) is 1.82. The summed E-state index contributed by atoms with van der Waals surface area (Å²) in [4.78, 5) is 14.7. The number of ether oxygens (including phenoxy) is 1. The van der Waals surface area contributed by atoms with E-state index in [-0.39, 0.29) is 18.6 Å². The molecule has 1 aliphatic rings. The van der Waals surface area contributed by atoms with Crippen molar-refractivity contribution in [2.75, 3.05) is 13.7 Å². The fourth-order valence-corrected chi connectivity index (χ4v) is 3.40. The summed E-state index contributed by atoms with van der Waals surface area (Å²) in [6.07, 6.45) is 3.87. The number of para-hydroxylation sites is 1. The Labute approximate surface area is 149 Å². The molecular weight excluding hydrogens is 314 g/mol. The SMILES string of the molecule is CN(C(=O)c1cccc(Oc2ccccc2)c1)C1CCC(CO)CC1. The number of amides is 1. The Balaban J connectivity index is 1.66. The number of hydrogen-bond donors (Lipinski definition) is 1. The van der Waals surface area contributed by atoms with Crippen LogP contribution >= 0.6 is 0 Å². The zero-order valence-corrected chi connectivity index (χ0v) is 14.6. The maximum absolute atomic E-state index is 12.8. The van der Waals surface area contributed by atoms with Crippen molar-refractivity contribution in [1.82, 2.24) is 4.90 Å². The minimum Gasteiger partial charge on any atom is -0.457 e. The van der Waals surface area contributed by atoms with Gasteiger partial charge in [-0.05, 0) is 61.9 Å². The molecule has 25 heavy (non-hydrogen) atoms. The third-order valence-electron chi connectivity index (χ3n) is 5.00. The second-order valence-electron chi connectivity index (χ2n) is 6.72. The summed E-state index contributed by atoms with van der Waals surface area (Å²) in [6.45, 7) is 0.253. The standard InChI is InChI=1S/C21H25NO3/c1-22(18-12-10-16(15-23)11-13-18)21(24)17-6-5-9-20(14-17)25-19-7-3-2-4-8-19/h2-9,14,16,18,23H,10-13,15H2,1H3. The first-order valence-corrected chi connectivity index (χ1v) is 8.88. The molecule has 0 aromatic heterocycles. The van der Waals surface area contributed by atoms with Gasteiger partial charge in [0.05, 0.1) is 0 Å². The van der Waals surface area contributed by atoms with Gasteiger partial charge in [-0.3, -0.25) is 4.79 Å². The van der Waals surface area contributed by atoms with Crippen molar-refractivity contribution >= 4 is 5.91 Å². The molecule has 0 spiro atoms. The van der Waals surface area contributed by atoms with E-state index in [1.807, 2.05) is 60.5 Å². The van der Waals surface area contributed by atoms with Gasteiger partial charge in [-0.25, -0.2) is 0 Å². The van der Waals surface area contributed by atoms with Gasteiger partial charge in [0.2, 0.25) is 0 Å². The van der Waals surface area contributed by atoms with Crippen LogP contribution in [0.1, 0.15) is 36.0 Å². The highest BCUT2D eigenvalue weighted by Crippen LogP contribution is 2.28. The van der Waals surface area contributed by atoms with Gasteiger partial charge in [-0.1, -0.05) is 24.3 Å². The Morgan fingerprint density at radius 2 is 1.72 bits per heavy atom. The zero-order valence-electron chi connectivity index (χ0n) is 14.6. The normalized spacial score (nSPS) is 20.1. The highest BCUT2D eigenvalue weighted by molar-refractivity contribution is 5.94. The van der Waals surface area contributed by atoms with E-state index in [0.717, 1.165) is 31.4 Å². The molecule has 1 N–H and O–H groups in total. The zero-order chi connectivity index (χ0) is 17.6. The molecule has 0 radical (unpaired) electrons. The number of aliphatic hydroxyl groups excluding tert-OH is 1. The third-order valence-corrected chi connectivity index (χ3v) is 5.00. The molecule has 1 saturated carbocycles. The van der Waals surface area contributed by atoms with Crippen molar-refractivity contribution in [3.63, 3.8) is 0 Å². The highest BCUT2D eigenvalue weighted by atomic mass is 16.5. The van der Waals surface area contributed by atoms with Gasteiger partial charge in [0.15, 0.2) is 0 Å².